The molecule has 0 bridgehead atoms. The zero-order valence-electron chi connectivity index (χ0n) is 18.2. The normalized spacial score (nSPS) is 12.4. The Bertz CT molecular complexity index is 817. The van der Waals surface area contributed by atoms with Gasteiger partial charge in [0, 0.05) is 17.3 Å². The number of hydrogen-bond donors (Lipinski definition) is 2. The number of halogens is 4. The number of aliphatic imine (C=N–C) groups is 1. The number of guanidine groups is 1. The van der Waals surface area contributed by atoms with Crippen LogP contribution in [0.4, 0.5) is 13.2 Å². The SMILES string of the molecule is CCNC(=NCc1ccc(COCC(F)(F)F)cc1)NCc1csc(C(C)(C)C)n1.I. The van der Waals surface area contributed by atoms with E-state index in [2.05, 4.69) is 51.5 Å². The maximum atomic E-state index is 12.1. The molecule has 5 nitrogen and oxygen atoms in total. The molecule has 0 unspecified atom stereocenters. The monoisotopic (exact) mass is 570 g/mol. The van der Waals surface area contributed by atoms with Gasteiger partial charge in [0.1, 0.15) is 6.61 Å². The van der Waals surface area contributed by atoms with Gasteiger partial charge < -0.3 is 15.4 Å². The minimum atomic E-state index is -4.31. The van der Waals surface area contributed by atoms with Crippen molar-refractivity contribution in [3.63, 3.8) is 0 Å². The van der Waals surface area contributed by atoms with E-state index in [1.807, 2.05) is 19.1 Å². The van der Waals surface area contributed by atoms with Crippen LogP contribution >= 0.6 is 35.3 Å². The van der Waals surface area contributed by atoms with Gasteiger partial charge in [0.05, 0.1) is 30.4 Å². The maximum absolute atomic E-state index is 12.1. The predicted octanol–water partition coefficient (Wildman–Crippen LogP) is 5.39. The van der Waals surface area contributed by atoms with E-state index in [0.717, 1.165) is 22.8 Å². The summed E-state index contributed by atoms with van der Waals surface area (Å²) in [7, 11) is 0. The minimum Gasteiger partial charge on any atom is -0.367 e. The lowest BCUT2D eigenvalue weighted by atomic mass is 9.98. The van der Waals surface area contributed by atoms with Gasteiger partial charge in [0.25, 0.3) is 0 Å². The summed E-state index contributed by atoms with van der Waals surface area (Å²) in [5, 5.41) is 9.63. The van der Waals surface area contributed by atoms with E-state index in [9.17, 15) is 13.2 Å². The summed E-state index contributed by atoms with van der Waals surface area (Å²) in [6, 6.07) is 7.19. The van der Waals surface area contributed by atoms with E-state index in [-0.39, 0.29) is 36.0 Å². The molecule has 174 valence electrons. The van der Waals surface area contributed by atoms with E-state index in [0.29, 0.717) is 24.6 Å². The number of aromatic nitrogens is 1. The number of alkyl halides is 3. The number of benzene rings is 1. The molecule has 31 heavy (non-hydrogen) atoms. The molecule has 0 radical (unpaired) electrons. The predicted molar refractivity (Wildman–Crippen MR) is 130 cm³/mol. The first-order chi connectivity index (χ1) is 14.1. The molecule has 0 saturated heterocycles. The number of ether oxygens (including phenoxy) is 1. The van der Waals surface area contributed by atoms with Crippen LogP contribution in [0.25, 0.3) is 0 Å². The van der Waals surface area contributed by atoms with E-state index in [1.54, 1.807) is 23.5 Å². The molecule has 1 heterocycles. The minimum absolute atomic E-state index is 0. The highest BCUT2D eigenvalue weighted by atomic mass is 127. The molecule has 0 atom stereocenters. The summed E-state index contributed by atoms with van der Waals surface area (Å²) >= 11 is 1.66. The van der Waals surface area contributed by atoms with Gasteiger partial charge >= 0.3 is 6.18 Å². The van der Waals surface area contributed by atoms with Crippen molar-refractivity contribution in [1.29, 1.82) is 0 Å². The second-order valence-corrected chi connectivity index (χ2v) is 8.73. The van der Waals surface area contributed by atoms with Crippen LogP contribution in [0.5, 0.6) is 0 Å². The lowest BCUT2D eigenvalue weighted by Gasteiger charge is -2.14. The van der Waals surface area contributed by atoms with E-state index < -0.39 is 12.8 Å². The molecule has 0 amide bonds. The van der Waals surface area contributed by atoms with Gasteiger partial charge in [-0.15, -0.1) is 35.3 Å². The van der Waals surface area contributed by atoms with Gasteiger partial charge in [0.15, 0.2) is 5.96 Å². The molecule has 1 aromatic heterocycles. The Balaban J connectivity index is 0.00000480. The Morgan fingerprint density at radius 2 is 1.74 bits per heavy atom. The van der Waals surface area contributed by atoms with Crippen molar-refractivity contribution < 1.29 is 17.9 Å². The second-order valence-electron chi connectivity index (χ2n) is 7.87. The smallest absolute Gasteiger partial charge is 0.367 e. The molecule has 2 N–H and O–H groups in total. The standard InChI is InChI=1S/C21H29F3N4OS.HI/c1-5-25-19(27-11-17-13-30-18(28-17)20(2,3)4)26-10-15-6-8-16(9-7-15)12-29-14-21(22,23)24;/h6-9,13H,5,10-12,14H2,1-4H3,(H2,25,26,27);1H. The van der Waals surface area contributed by atoms with Crippen molar-refractivity contribution in [1.82, 2.24) is 15.6 Å². The number of thiazole rings is 1. The maximum Gasteiger partial charge on any atom is 0.411 e. The quantitative estimate of drug-likeness (QED) is 0.254. The highest BCUT2D eigenvalue weighted by Crippen LogP contribution is 2.25. The fourth-order valence-electron chi connectivity index (χ4n) is 2.44. The van der Waals surface area contributed by atoms with Crippen molar-refractivity contribution in [3.8, 4) is 0 Å². The second kappa shape index (κ2) is 12.6. The molecule has 0 spiro atoms. The molecular formula is C21H30F3IN4OS. The highest BCUT2D eigenvalue weighted by Gasteiger charge is 2.27. The van der Waals surface area contributed by atoms with Crippen LogP contribution in [-0.4, -0.2) is 30.3 Å². The van der Waals surface area contributed by atoms with Crippen molar-refractivity contribution in [3.05, 3.63) is 51.5 Å². The van der Waals surface area contributed by atoms with E-state index in [1.165, 1.54) is 0 Å². The van der Waals surface area contributed by atoms with Gasteiger partial charge in [0.2, 0.25) is 0 Å². The third-order valence-corrected chi connectivity index (χ3v) is 5.27. The molecule has 0 aliphatic heterocycles. The van der Waals surface area contributed by atoms with Crippen LogP contribution in [0.3, 0.4) is 0 Å². The fraction of sp³-hybridized carbons (Fsp3) is 0.524. The van der Waals surface area contributed by atoms with Gasteiger partial charge in [-0.1, -0.05) is 45.0 Å². The summed E-state index contributed by atoms with van der Waals surface area (Å²) in [5.41, 5.74) is 2.65. The fourth-order valence-corrected chi connectivity index (χ4v) is 3.35. The average molecular weight is 570 g/mol. The van der Waals surface area contributed by atoms with Crippen LogP contribution in [0.15, 0.2) is 34.6 Å². The lowest BCUT2D eigenvalue weighted by molar-refractivity contribution is -0.176. The molecule has 2 rings (SSSR count). The van der Waals surface area contributed by atoms with E-state index in [4.69, 9.17) is 0 Å². The Morgan fingerprint density at radius 3 is 2.29 bits per heavy atom. The number of rotatable bonds is 8. The van der Waals surface area contributed by atoms with Gasteiger partial charge in [-0.3, -0.25) is 0 Å². The summed E-state index contributed by atoms with van der Waals surface area (Å²) in [5.74, 6) is 0.681. The number of nitrogens with zero attached hydrogens (tertiary/aromatic N) is 2. The summed E-state index contributed by atoms with van der Waals surface area (Å²) < 4.78 is 41.1. The van der Waals surface area contributed by atoms with Crippen LogP contribution in [0.2, 0.25) is 0 Å². The topological polar surface area (TPSA) is 58.5 Å². The zero-order valence-corrected chi connectivity index (χ0v) is 21.3. The summed E-state index contributed by atoms with van der Waals surface area (Å²) in [6.45, 7) is 8.85. The van der Waals surface area contributed by atoms with Crippen LogP contribution < -0.4 is 10.6 Å². The molecule has 0 fully saturated rings. The molecule has 10 heteroatoms. The first-order valence-electron chi connectivity index (χ1n) is 9.76. The van der Waals surface area contributed by atoms with Crippen molar-refractivity contribution in [2.75, 3.05) is 13.2 Å². The van der Waals surface area contributed by atoms with Crippen molar-refractivity contribution in [2.24, 2.45) is 4.99 Å². The average Bonchev–Trinajstić information content (AvgIpc) is 3.13. The molecule has 1 aromatic carbocycles. The van der Waals surface area contributed by atoms with Crippen molar-refractivity contribution in [2.45, 2.75) is 59.0 Å². The van der Waals surface area contributed by atoms with Crippen molar-refractivity contribution >= 4 is 41.3 Å². The van der Waals surface area contributed by atoms with Crippen LogP contribution in [-0.2, 0) is 29.8 Å². The molecule has 0 saturated carbocycles. The first-order valence-corrected chi connectivity index (χ1v) is 10.6. The molecular weight excluding hydrogens is 540 g/mol. The van der Waals surface area contributed by atoms with Crippen LogP contribution in [0.1, 0.15) is 49.5 Å². The largest absolute Gasteiger partial charge is 0.411 e. The van der Waals surface area contributed by atoms with E-state index >= 15 is 0 Å². The number of hydrogen-bond acceptors (Lipinski definition) is 4. The Labute approximate surface area is 202 Å². The van der Waals surface area contributed by atoms with Gasteiger partial charge in [-0.05, 0) is 18.1 Å². The van der Waals surface area contributed by atoms with Gasteiger partial charge in [-0.25, -0.2) is 9.98 Å². The Kier molecular flexibility index (Phi) is 11.2. The summed E-state index contributed by atoms with van der Waals surface area (Å²) in [4.78, 5) is 9.24. The van der Waals surface area contributed by atoms with Crippen LogP contribution in [0, 0.1) is 0 Å². The molecule has 0 aliphatic carbocycles. The third kappa shape index (κ3) is 10.6. The third-order valence-electron chi connectivity index (χ3n) is 3.95. The lowest BCUT2D eigenvalue weighted by Crippen LogP contribution is -2.36. The van der Waals surface area contributed by atoms with Gasteiger partial charge in [-0.2, -0.15) is 13.2 Å². The highest BCUT2D eigenvalue weighted by molar-refractivity contribution is 14.0. The Morgan fingerprint density at radius 1 is 1.10 bits per heavy atom. The molecule has 2 aromatic rings. The first kappa shape index (κ1) is 27.6. The molecule has 0 aliphatic rings. The Hall–Kier alpha value is -1.40. The summed E-state index contributed by atoms with van der Waals surface area (Å²) in [6.07, 6.45) is -4.31. The zero-order chi connectivity index (χ0) is 22.2. The number of nitrogens with one attached hydrogen (secondary N) is 2.